The fourth-order valence-electron chi connectivity index (χ4n) is 3.36. The number of aliphatic imine (C=N–C) groups is 1. The summed E-state index contributed by atoms with van der Waals surface area (Å²) < 4.78 is 1.83. The van der Waals surface area contributed by atoms with Crippen LogP contribution in [0.3, 0.4) is 0 Å². The molecule has 2 atom stereocenters. The number of rotatable bonds is 6. The van der Waals surface area contributed by atoms with Gasteiger partial charge in [0, 0.05) is 32.4 Å². The van der Waals surface area contributed by atoms with E-state index < -0.39 is 0 Å². The maximum Gasteiger partial charge on any atom is 0.191 e. The van der Waals surface area contributed by atoms with Gasteiger partial charge in [0.15, 0.2) is 5.96 Å². The summed E-state index contributed by atoms with van der Waals surface area (Å²) in [5.41, 5.74) is 2.41. The molecule has 0 aliphatic rings. The van der Waals surface area contributed by atoms with Crippen LogP contribution in [0.2, 0.25) is 0 Å². The van der Waals surface area contributed by atoms with Crippen LogP contribution in [0.1, 0.15) is 30.1 Å². The maximum atomic E-state index is 4.40. The summed E-state index contributed by atoms with van der Waals surface area (Å²) in [5.74, 6) is 0.788. The highest BCUT2D eigenvalue weighted by atomic mass is 127. The van der Waals surface area contributed by atoms with Gasteiger partial charge in [-0.05, 0) is 43.4 Å². The van der Waals surface area contributed by atoms with Gasteiger partial charge in [-0.25, -0.2) is 0 Å². The van der Waals surface area contributed by atoms with E-state index in [2.05, 4.69) is 95.3 Å². The fourth-order valence-corrected chi connectivity index (χ4v) is 3.36. The van der Waals surface area contributed by atoms with Gasteiger partial charge in [-0.15, -0.1) is 24.0 Å². The van der Waals surface area contributed by atoms with E-state index in [0.717, 1.165) is 12.5 Å². The molecule has 0 amide bonds. The van der Waals surface area contributed by atoms with Gasteiger partial charge in [-0.1, -0.05) is 36.4 Å². The van der Waals surface area contributed by atoms with Gasteiger partial charge in [-0.3, -0.25) is 9.67 Å². The number of halogens is 1. The largest absolute Gasteiger partial charge is 0.354 e. The molecular formula is C22H31IN6. The van der Waals surface area contributed by atoms with E-state index in [9.17, 15) is 0 Å². The number of fused-ring (bicyclic) bond motifs is 1. The Morgan fingerprint density at radius 2 is 1.86 bits per heavy atom. The zero-order valence-electron chi connectivity index (χ0n) is 17.8. The van der Waals surface area contributed by atoms with Gasteiger partial charge < -0.3 is 15.5 Å². The first-order chi connectivity index (χ1) is 13.5. The quantitative estimate of drug-likeness (QED) is 0.304. The average molecular weight is 506 g/mol. The molecule has 1 aromatic heterocycles. The molecule has 3 rings (SSSR count). The number of hydrogen-bond acceptors (Lipinski definition) is 3. The molecule has 0 bridgehead atoms. The molecule has 0 saturated carbocycles. The Kier molecular flexibility index (Phi) is 8.45. The van der Waals surface area contributed by atoms with Gasteiger partial charge in [0.05, 0.1) is 18.3 Å². The summed E-state index contributed by atoms with van der Waals surface area (Å²) in [5, 5.41) is 13.8. The lowest BCUT2D eigenvalue weighted by Crippen LogP contribution is -2.42. The summed E-state index contributed by atoms with van der Waals surface area (Å²) in [7, 11) is 7.90. The molecule has 7 heteroatoms. The number of aromatic nitrogens is 2. The minimum absolute atomic E-state index is 0. The number of guanidine groups is 1. The first-order valence-corrected chi connectivity index (χ1v) is 9.58. The Balaban J connectivity index is 0.00000300. The van der Waals surface area contributed by atoms with Crippen molar-refractivity contribution < 1.29 is 0 Å². The second-order valence-corrected chi connectivity index (χ2v) is 7.35. The van der Waals surface area contributed by atoms with Gasteiger partial charge in [0.25, 0.3) is 0 Å². The standard InChI is InChI=1S/C22H30N6.HI/c1-16(18-11-10-17-8-6-7-9-19(17)12-18)26-22(23-2)24-14-21(27(3)4)20-13-25-28(5)15-20;/h6-13,15-16,21H,14H2,1-5H3,(H2,23,24,26);1H. The van der Waals surface area contributed by atoms with E-state index in [1.165, 1.54) is 21.9 Å². The topological polar surface area (TPSA) is 57.5 Å². The normalized spacial score (nSPS) is 13.8. The second-order valence-electron chi connectivity index (χ2n) is 7.35. The van der Waals surface area contributed by atoms with Crippen molar-refractivity contribution in [3.63, 3.8) is 0 Å². The number of benzene rings is 2. The van der Waals surface area contributed by atoms with Crippen LogP contribution in [0.15, 0.2) is 59.9 Å². The van der Waals surface area contributed by atoms with Gasteiger partial charge in [-0.2, -0.15) is 5.10 Å². The van der Waals surface area contributed by atoms with Crippen molar-refractivity contribution >= 4 is 40.7 Å². The monoisotopic (exact) mass is 506 g/mol. The first-order valence-electron chi connectivity index (χ1n) is 9.58. The van der Waals surface area contributed by atoms with Crippen molar-refractivity contribution in [1.82, 2.24) is 25.3 Å². The number of nitrogens with one attached hydrogen (secondary N) is 2. The molecule has 0 radical (unpaired) electrons. The third-order valence-electron chi connectivity index (χ3n) is 5.05. The number of nitrogens with zero attached hydrogens (tertiary/aromatic N) is 4. The van der Waals surface area contributed by atoms with E-state index in [4.69, 9.17) is 0 Å². The summed E-state index contributed by atoms with van der Waals surface area (Å²) in [4.78, 5) is 6.59. The van der Waals surface area contributed by atoms with Crippen molar-refractivity contribution in [2.24, 2.45) is 12.0 Å². The van der Waals surface area contributed by atoms with Crippen LogP contribution < -0.4 is 10.6 Å². The molecule has 29 heavy (non-hydrogen) atoms. The maximum absolute atomic E-state index is 4.40. The summed E-state index contributed by atoms with van der Waals surface area (Å²) in [6.45, 7) is 2.89. The number of likely N-dealkylation sites (N-methyl/N-ethyl adjacent to an activating group) is 1. The molecule has 6 nitrogen and oxygen atoms in total. The van der Waals surface area contributed by atoms with Crippen LogP contribution in [-0.4, -0.2) is 48.3 Å². The molecule has 2 aromatic carbocycles. The first kappa shape index (κ1) is 23.2. The van der Waals surface area contributed by atoms with Crippen molar-refractivity contribution in [1.29, 1.82) is 0 Å². The van der Waals surface area contributed by atoms with E-state index >= 15 is 0 Å². The van der Waals surface area contributed by atoms with E-state index in [0.29, 0.717) is 0 Å². The van der Waals surface area contributed by atoms with Crippen LogP contribution >= 0.6 is 24.0 Å². The van der Waals surface area contributed by atoms with Gasteiger partial charge in [0.2, 0.25) is 0 Å². The highest BCUT2D eigenvalue weighted by Gasteiger charge is 2.17. The predicted molar refractivity (Wildman–Crippen MR) is 132 cm³/mol. The SMILES string of the molecule is CN=C(NCC(c1cnn(C)c1)N(C)C)NC(C)c1ccc2ccccc2c1.I. The van der Waals surface area contributed by atoms with Crippen LogP contribution in [-0.2, 0) is 7.05 Å². The van der Waals surface area contributed by atoms with E-state index in [-0.39, 0.29) is 36.1 Å². The molecule has 0 saturated heterocycles. The third kappa shape index (κ3) is 5.93. The smallest absolute Gasteiger partial charge is 0.191 e. The molecule has 0 fully saturated rings. The Labute approximate surface area is 190 Å². The number of hydrogen-bond donors (Lipinski definition) is 2. The van der Waals surface area contributed by atoms with E-state index in [1.807, 2.05) is 17.9 Å². The lowest BCUT2D eigenvalue weighted by atomic mass is 10.0. The summed E-state index contributed by atoms with van der Waals surface area (Å²) >= 11 is 0. The van der Waals surface area contributed by atoms with Crippen LogP contribution in [0.25, 0.3) is 10.8 Å². The molecule has 0 aliphatic heterocycles. The molecule has 0 aliphatic carbocycles. The Morgan fingerprint density at radius 3 is 2.48 bits per heavy atom. The van der Waals surface area contributed by atoms with Crippen LogP contribution in [0.4, 0.5) is 0 Å². The third-order valence-corrected chi connectivity index (χ3v) is 5.05. The molecule has 2 N–H and O–H groups in total. The highest BCUT2D eigenvalue weighted by molar-refractivity contribution is 14.0. The minimum atomic E-state index is 0. The fraction of sp³-hybridized carbons (Fsp3) is 0.364. The summed E-state index contributed by atoms with van der Waals surface area (Å²) in [6, 6.07) is 15.4. The second kappa shape index (κ2) is 10.6. The average Bonchev–Trinajstić information content (AvgIpc) is 3.12. The lowest BCUT2D eigenvalue weighted by molar-refractivity contribution is 0.298. The molecule has 3 aromatic rings. The highest BCUT2D eigenvalue weighted by Crippen LogP contribution is 2.20. The molecule has 156 valence electrons. The van der Waals surface area contributed by atoms with Crippen LogP contribution in [0.5, 0.6) is 0 Å². The molecular weight excluding hydrogens is 475 g/mol. The summed E-state index contributed by atoms with van der Waals surface area (Å²) in [6.07, 6.45) is 3.97. The Bertz CT molecular complexity index is 949. The Hall–Kier alpha value is -2.13. The van der Waals surface area contributed by atoms with Crippen molar-refractivity contribution in [3.05, 3.63) is 66.0 Å². The van der Waals surface area contributed by atoms with Gasteiger partial charge in [0.1, 0.15) is 0 Å². The lowest BCUT2D eigenvalue weighted by Gasteiger charge is -2.25. The van der Waals surface area contributed by atoms with Gasteiger partial charge >= 0.3 is 0 Å². The molecule has 2 unspecified atom stereocenters. The van der Waals surface area contributed by atoms with Crippen LogP contribution in [0, 0.1) is 0 Å². The zero-order valence-corrected chi connectivity index (χ0v) is 20.1. The predicted octanol–water partition coefficient (Wildman–Crippen LogP) is 3.72. The zero-order chi connectivity index (χ0) is 20.1. The molecule has 0 spiro atoms. The Morgan fingerprint density at radius 1 is 1.14 bits per heavy atom. The van der Waals surface area contributed by atoms with Crippen molar-refractivity contribution in [3.8, 4) is 0 Å². The minimum Gasteiger partial charge on any atom is -0.354 e. The van der Waals surface area contributed by atoms with E-state index in [1.54, 1.807) is 7.05 Å². The van der Waals surface area contributed by atoms with Crippen molar-refractivity contribution in [2.75, 3.05) is 27.7 Å². The molecule has 1 heterocycles. The number of aryl methyl sites for hydroxylation is 1. The van der Waals surface area contributed by atoms with Crippen molar-refractivity contribution in [2.45, 2.75) is 19.0 Å².